The SMILES string of the molecule is CCc1cccc(CN(Cc2ccccn2)S(C)(=O)=O)c1. The molecule has 5 heteroatoms. The summed E-state index contributed by atoms with van der Waals surface area (Å²) in [5, 5.41) is 0. The predicted molar refractivity (Wildman–Crippen MR) is 84.1 cm³/mol. The molecule has 0 aliphatic heterocycles. The van der Waals surface area contributed by atoms with E-state index in [-0.39, 0.29) is 6.54 Å². The summed E-state index contributed by atoms with van der Waals surface area (Å²) >= 11 is 0. The second kappa shape index (κ2) is 6.83. The maximum absolute atomic E-state index is 12.0. The number of aryl methyl sites for hydroxylation is 1. The van der Waals surface area contributed by atoms with Crippen LogP contribution < -0.4 is 0 Å². The lowest BCUT2D eigenvalue weighted by molar-refractivity contribution is 0.400. The zero-order valence-corrected chi connectivity index (χ0v) is 13.2. The van der Waals surface area contributed by atoms with Gasteiger partial charge < -0.3 is 0 Å². The molecule has 2 aromatic rings. The third-order valence-electron chi connectivity index (χ3n) is 3.29. The first kappa shape index (κ1) is 15.7. The molecule has 0 saturated carbocycles. The Balaban J connectivity index is 2.21. The summed E-state index contributed by atoms with van der Waals surface area (Å²) in [6.45, 7) is 2.74. The summed E-state index contributed by atoms with van der Waals surface area (Å²) in [7, 11) is -3.29. The minimum Gasteiger partial charge on any atom is -0.260 e. The molecule has 0 bridgehead atoms. The third-order valence-corrected chi connectivity index (χ3v) is 4.49. The fourth-order valence-corrected chi connectivity index (χ4v) is 2.86. The summed E-state index contributed by atoms with van der Waals surface area (Å²) < 4.78 is 25.4. The molecule has 0 spiro atoms. The van der Waals surface area contributed by atoms with Crippen molar-refractivity contribution in [1.29, 1.82) is 0 Å². The molecule has 112 valence electrons. The van der Waals surface area contributed by atoms with E-state index >= 15 is 0 Å². The Morgan fingerprint density at radius 2 is 1.81 bits per heavy atom. The molecule has 2 rings (SSSR count). The lowest BCUT2D eigenvalue weighted by atomic mass is 10.1. The van der Waals surface area contributed by atoms with Crippen molar-refractivity contribution in [2.24, 2.45) is 0 Å². The highest BCUT2D eigenvalue weighted by atomic mass is 32.2. The Kier molecular flexibility index (Phi) is 5.09. The van der Waals surface area contributed by atoms with E-state index in [9.17, 15) is 8.42 Å². The van der Waals surface area contributed by atoms with Gasteiger partial charge in [0.05, 0.1) is 18.5 Å². The number of rotatable bonds is 6. The molecular formula is C16H20N2O2S. The monoisotopic (exact) mass is 304 g/mol. The highest BCUT2D eigenvalue weighted by Crippen LogP contribution is 2.14. The number of nitrogens with zero attached hydrogens (tertiary/aromatic N) is 2. The zero-order valence-electron chi connectivity index (χ0n) is 12.4. The van der Waals surface area contributed by atoms with Gasteiger partial charge in [-0.05, 0) is 29.7 Å². The van der Waals surface area contributed by atoms with Crippen molar-refractivity contribution in [3.63, 3.8) is 0 Å². The van der Waals surface area contributed by atoms with Crippen LogP contribution in [-0.2, 0) is 29.5 Å². The average molecular weight is 304 g/mol. The standard InChI is InChI=1S/C16H20N2O2S/c1-3-14-7-6-8-15(11-14)12-18(21(2,19)20)13-16-9-4-5-10-17-16/h4-11H,3,12-13H2,1-2H3. The Bertz CT molecular complexity index is 684. The normalized spacial score (nSPS) is 11.8. The highest BCUT2D eigenvalue weighted by molar-refractivity contribution is 7.88. The van der Waals surface area contributed by atoms with Gasteiger partial charge in [0.15, 0.2) is 0 Å². The van der Waals surface area contributed by atoms with E-state index in [0.717, 1.165) is 17.7 Å². The van der Waals surface area contributed by atoms with E-state index in [1.54, 1.807) is 6.20 Å². The minimum absolute atomic E-state index is 0.288. The Labute approximate surface area is 126 Å². The molecule has 0 saturated heterocycles. The van der Waals surface area contributed by atoms with Gasteiger partial charge in [-0.2, -0.15) is 4.31 Å². The highest BCUT2D eigenvalue weighted by Gasteiger charge is 2.18. The van der Waals surface area contributed by atoms with Crippen molar-refractivity contribution in [3.8, 4) is 0 Å². The fraction of sp³-hybridized carbons (Fsp3) is 0.312. The van der Waals surface area contributed by atoms with Crippen molar-refractivity contribution >= 4 is 10.0 Å². The van der Waals surface area contributed by atoms with Gasteiger partial charge in [0.1, 0.15) is 0 Å². The first-order valence-electron chi connectivity index (χ1n) is 6.92. The van der Waals surface area contributed by atoms with E-state index in [1.807, 2.05) is 36.4 Å². The molecule has 1 aromatic carbocycles. The van der Waals surface area contributed by atoms with E-state index < -0.39 is 10.0 Å². The first-order chi connectivity index (χ1) is 9.99. The summed E-state index contributed by atoms with van der Waals surface area (Å²) in [6.07, 6.45) is 3.85. The minimum atomic E-state index is -3.29. The first-order valence-corrected chi connectivity index (χ1v) is 8.76. The van der Waals surface area contributed by atoms with Gasteiger partial charge in [-0.1, -0.05) is 37.3 Å². The van der Waals surface area contributed by atoms with Crippen LogP contribution in [0.5, 0.6) is 0 Å². The van der Waals surface area contributed by atoms with Crippen molar-refractivity contribution in [1.82, 2.24) is 9.29 Å². The fourth-order valence-electron chi connectivity index (χ4n) is 2.11. The van der Waals surface area contributed by atoms with Gasteiger partial charge in [0, 0.05) is 12.7 Å². The molecule has 0 aliphatic rings. The van der Waals surface area contributed by atoms with Crippen LogP contribution in [-0.4, -0.2) is 24.0 Å². The van der Waals surface area contributed by atoms with Crippen LogP contribution in [0.3, 0.4) is 0 Å². The molecule has 0 unspecified atom stereocenters. The molecule has 4 nitrogen and oxygen atoms in total. The molecular weight excluding hydrogens is 284 g/mol. The van der Waals surface area contributed by atoms with Gasteiger partial charge in [0.25, 0.3) is 0 Å². The van der Waals surface area contributed by atoms with Crippen LogP contribution in [0.2, 0.25) is 0 Å². The maximum Gasteiger partial charge on any atom is 0.211 e. The lowest BCUT2D eigenvalue weighted by Gasteiger charge is -2.20. The van der Waals surface area contributed by atoms with Crippen molar-refractivity contribution in [2.75, 3.05) is 6.26 Å². The summed E-state index contributed by atoms with van der Waals surface area (Å²) in [4.78, 5) is 4.20. The van der Waals surface area contributed by atoms with Crippen molar-refractivity contribution in [2.45, 2.75) is 26.4 Å². The Morgan fingerprint density at radius 3 is 2.43 bits per heavy atom. The van der Waals surface area contributed by atoms with Gasteiger partial charge in [-0.25, -0.2) is 8.42 Å². The molecule has 0 fully saturated rings. The van der Waals surface area contributed by atoms with Crippen molar-refractivity contribution in [3.05, 3.63) is 65.5 Å². The molecule has 1 heterocycles. The second-order valence-corrected chi connectivity index (χ2v) is 7.01. The van der Waals surface area contributed by atoms with E-state index in [1.165, 1.54) is 16.1 Å². The summed E-state index contributed by atoms with van der Waals surface area (Å²) in [5.74, 6) is 0. The smallest absolute Gasteiger partial charge is 0.211 e. The number of pyridine rings is 1. The summed E-state index contributed by atoms with van der Waals surface area (Å²) in [6, 6.07) is 13.5. The predicted octanol–water partition coefficient (Wildman–Crippen LogP) is 2.61. The van der Waals surface area contributed by atoms with E-state index in [4.69, 9.17) is 0 Å². The van der Waals surface area contributed by atoms with Gasteiger partial charge >= 0.3 is 0 Å². The lowest BCUT2D eigenvalue weighted by Crippen LogP contribution is -2.29. The van der Waals surface area contributed by atoms with Gasteiger partial charge in [0.2, 0.25) is 10.0 Å². The van der Waals surface area contributed by atoms with Crippen LogP contribution in [0, 0.1) is 0 Å². The van der Waals surface area contributed by atoms with Gasteiger partial charge in [-0.3, -0.25) is 4.98 Å². The molecule has 0 amide bonds. The summed E-state index contributed by atoms with van der Waals surface area (Å²) in [5.41, 5.74) is 2.95. The number of benzene rings is 1. The van der Waals surface area contributed by atoms with Crippen LogP contribution in [0.15, 0.2) is 48.7 Å². The quantitative estimate of drug-likeness (QED) is 0.824. The molecule has 0 atom stereocenters. The third kappa shape index (κ3) is 4.65. The Morgan fingerprint density at radius 1 is 1.05 bits per heavy atom. The van der Waals surface area contributed by atoms with Crippen LogP contribution >= 0.6 is 0 Å². The van der Waals surface area contributed by atoms with Crippen LogP contribution in [0.25, 0.3) is 0 Å². The van der Waals surface area contributed by atoms with Crippen LogP contribution in [0.4, 0.5) is 0 Å². The number of hydrogen-bond donors (Lipinski definition) is 0. The zero-order chi connectivity index (χ0) is 15.3. The number of sulfonamides is 1. The molecule has 0 aliphatic carbocycles. The maximum atomic E-state index is 12.0. The molecule has 0 radical (unpaired) electrons. The Hall–Kier alpha value is -1.72. The van der Waals surface area contributed by atoms with E-state index in [0.29, 0.717) is 6.54 Å². The largest absolute Gasteiger partial charge is 0.260 e. The average Bonchev–Trinajstić information content (AvgIpc) is 2.47. The van der Waals surface area contributed by atoms with Crippen LogP contribution in [0.1, 0.15) is 23.7 Å². The van der Waals surface area contributed by atoms with E-state index in [2.05, 4.69) is 18.0 Å². The second-order valence-electron chi connectivity index (χ2n) is 5.03. The molecule has 0 N–H and O–H groups in total. The molecule has 1 aromatic heterocycles. The van der Waals surface area contributed by atoms with Crippen molar-refractivity contribution < 1.29 is 8.42 Å². The van der Waals surface area contributed by atoms with Gasteiger partial charge in [-0.15, -0.1) is 0 Å². The topological polar surface area (TPSA) is 50.3 Å². The number of aromatic nitrogens is 1. The molecule has 21 heavy (non-hydrogen) atoms. The number of hydrogen-bond acceptors (Lipinski definition) is 3.